The second-order valence-corrected chi connectivity index (χ2v) is 2.05. The van der Waals surface area contributed by atoms with Crippen LogP contribution in [0, 0.1) is 5.82 Å². The molecule has 6 heteroatoms. The number of halogens is 2. The predicted molar refractivity (Wildman–Crippen MR) is 35.5 cm³/mol. The molecule has 1 rings (SSSR count). The first-order valence-electron chi connectivity index (χ1n) is 2.59. The smallest absolute Gasteiger partial charge is 0.286 e. The predicted octanol–water partition coefficient (Wildman–Crippen LogP) is 0.368. The van der Waals surface area contributed by atoms with Gasteiger partial charge < -0.3 is 5.73 Å². The molecule has 0 aliphatic heterocycles. The van der Waals surface area contributed by atoms with Crippen LogP contribution in [0.5, 0.6) is 0 Å². The maximum Gasteiger partial charge on any atom is 0.286 e. The van der Waals surface area contributed by atoms with E-state index in [-0.39, 0.29) is 5.82 Å². The van der Waals surface area contributed by atoms with Gasteiger partial charge in [-0.2, -0.15) is 0 Å². The summed E-state index contributed by atoms with van der Waals surface area (Å²) < 4.78 is 12.4. The van der Waals surface area contributed by atoms with Crippen molar-refractivity contribution in [1.29, 1.82) is 0 Å². The lowest BCUT2D eigenvalue weighted by molar-refractivity contribution is 0.0990. The van der Waals surface area contributed by atoms with Crippen LogP contribution < -0.4 is 5.73 Å². The first-order chi connectivity index (χ1) is 5.11. The SMILES string of the molecule is NC(=O)c1ncc(F)c(Cl)n1. The monoisotopic (exact) mass is 175 g/mol. The van der Waals surface area contributed by atoms with Crippen LogP contribution in [-0.4, -0.2) is 15.9 Å². The van der Waals surface area contributed by atoms with Crippen LogP contribution in [0.3, 0.4) is 0 Å². The highest BCUT2D eigenvalue weighted by molar-refractivity contribution is 6.29. The lowest BCUT2D eigenvalue weighted by Gasteiger charge is -1.93. The molecule has 0 saturated carbocycles. The normalized spacial score (nSPS) is 9.64. The van der Waals surface area contributed by atoms with Gasteiger partial charge in [-0.1, -0.05) is 11.6 Å². The van der Waals surface area contributed by atoms with E-state index in [4.69, 9.17) is 17.3 Å². The molecule has 1 aromatic heterocycles. The molecule has 0 aliphatic carbocycles. The number of primary amides is 1. The van der Waals surface area contributed by atoms with Gasteiger partial charge in [-0.05, 0) is 0 Å². The molecule has 1 heterocycles. The number of aromatic nitrogens is 2. The van der Waals surface area contributed by atoms with Crippen LogP contribution in [0.25, 0.3) is 0 Å². The molecule has 58 valence electrons. The number of nitrogens with two attached hydrogens (primary N) is 1. The minimum Gasteiger partial charge on any atom is -0.363 e. The molecule has 1 aromatic rings. The van der Waals surface area contributed by atoms with Crippen LogP contribution in [0.1, 0.15) is 10.6 Å². The standard InChI is InChI=1S/C5H3ClFN3O/c6-3-2(7)1-9-5(10-3)4(8)11/h1H,(H2,8,11). The molecule has 0 spiro atoms. The Morgan fingerprint density at radius 1 is 1.73 bits per heavy atom. The van der Waals surface area contributed by atoms with Crippen molar-refractivity contribution in [2.45, 2.75) is 0 Å². The number of carbonyl (C=O) groups excluding carboxylic acids is 1. The molecule has 0 fully saturated rings. The summed E-state index contributed by atoms with van der Waals surface area (Å²) in [6.07, 6.45) is 0.787. The van der Waals surface area contributed by atoms with Gasteiger partial charge in [0, 0.05) is 0 Å². The van der Waals surface area contributed by atoms with Gasteiger partial charge in [0.2, 0.25) is 5.82 Å². The summed E-state index contributed by atoms with van der Waals surface area (Å²) in [5, 5.41) is -0.409. The van der Waals surface area contributed by atoms with E-state index in [1.807, 2.05) is 0 Å². The Hall–Kier alpha value is -1.23. The van der Waals surface area contributed by atoms with Gasteiger partial charge in [0.25, 0.3) is 5.91 Å². The first kappa shape index (κ1) is 7.87. The average molecular weight is 176 g/mol. The van der Waals surface area contributed by atoms with Gasteiger partial charge in [-0.3, -0.25) is 4.79 Å². The highest BCUT2D eigenvalue weighted by Crippen LogP contribution is 2.08. The van der Waals surface area contributed by atoms with Gasteiger partial charge >= 0.3 is 0 Å². The fourth-order valence-electron chi connectivity index (χ4n) is 0.465. The zero-order chi connectivity index (χ0) is 8.43. The molecule has 0 atom stereocenters. The molecule has 0 aromatic carbocycles. The third-order valence-electron chi connectivity index (χ3n) is 0.922. The van der Waals surface area contributed by atoms with E-state index >= 15 is 0 Å². The summed E-state index contributed by atoms with van der Waals surface area (Å²) >= 11 is 5.22. The van der Waals surface area contributed by atoms with Crippen molar-refractivity contribution in [1.82, 2.24) is 9.97 Å². The number of rotatable bonds is 1. The van der Waals surface area contributed by atoms with Gasteiger partial charge in [0.05, 0.1) is 6.20 Å². The lowest BCUT2D eigenvalue weighted by atomic mass is 10.5. The Balaban J connectivity index is 3.15. The maximum atomic E-state index is 12.4. The molecular weight excluding hydrogens is 173 g/mol. The first-order valence-corrected chi connectivity index (χ1v) is 2.97. The third-order valence-corrected chi connectivity index (χ3v) is 1.19. The molecule has 0 aliphatic rings. The summed E-state index contributed by atoms with van der Waals surface area (Å²) in [7, 11) is 0. The van der Waals surface area contributed by atoms with Crippen molar-refractivity contribution >= 4 is 17.5 Å². The average Bonchev–Trinajstić information content (AvgIpc) is 1.94. The second kappa shape index (κ2) is 2.79. The summed E-state index contributed by atoms with van der Waals surface area (Å²) in [4.78, 5) is 17.0. The minimum absolute atomic E-state index is 0.295. The van der Waals surface area contributed by atoms with Crippen molar-refractivity contribution in [2.24, 2.45) is 5.73 Å². The third kappa shape index (κ3) is 1.62. The van der Waals surface area contributed by atoms with Gasteiger partial charge in [0.1, 0.15) is 0 Å². The summed E-state index contributed by atoms with van der Waals surface area (Å²) in [5.41, 5.74) is 4.79. The number of amides is 1. The molecule has 1 amide bonds. The van der Waals surface area contributed by atoms with Gasteiger partial charge in [0.15, 0.2) is 11.0 Å². The highest BCUT2D eigenvalue weighted by Gasteiger charge is 2.07. The molecule has 11 heavy (non-hydrogen) atoms. The Morgan fingerprint density at radius 3 is 2.82 bits per heavy atom. The maximum absolute atomic E-state index is 12.4. The van der Waals surface area contributed by atoms with E-state index in [1.54, 1.807) is 0 Å². The summed E-state index contributed by atoms with van der Waals surface area (Å²) in [5.74, 6) is -1.92. The zero-order valence-electron chi connectivity index (χ0n) is 5.21. The van der Waals surface area contributed by atoms with Crippen LogP contribution in [0.4, 0.5) is 4.39 Å². The van der Waals surface area contributed by atoms with Crippen LogP contribution in [-0.2, 0) is 0 Å². The number of nitrogens with zero attached hydrogens (tertiary/aromatic N) is 2. The molecule has 0 unspecified atom stereocenters. The Labute approximate surface area is 66.2 Å². The van der Waals surface area contributed by atoms with Crippen LogP contribution in [0.15, 0.2) is 6.20 Å². The van der Waals surface area contributed by atoms with E-state index < -0.39 is 16.9 Å². The lowest BCUT2D eigenvalue weighted by Crippen LogP contribution is -2.15. The number of hydrogen-bond acceptors (Lipinski definition) is 3. The van der Waals surface area contributed by atoms with E-state index in [0.717, 1.165) is 6.20 Å². The molecular formula is C5H3ClFN3O. The quantitative estimate of drug-likeness (QED) is 0.627. The molecule has 0 bridgehead atoms. The van der Waals surface area contributed by atoms with E-state index in [2.05, 4.69) is 9.97 Å². The fourth-order valence-corrected chi connectivity index (χ4v) is 0.594. The van der Waals surface area contributed by atoms with Crippen LogP contribution >= 0.6 is 11.6 Å². The van der Waals surface area contributed by atoms with Crippen molar-refractivity contribution in [3.05, 3.63) is 23.0 Å². The summed E-state index contributed by atoms with van der Waals surface area (Å²) in [6, 6.07) is 0. The Bertz CT molecular complexity index is 304. The summed E-state index contributed by atoms with van der Waals surface area (Å²) in [6.45, 7) is 0. The Morgan fingerprint density at radius 2 is 2.36 bits per heavy atom. The molecule has 0 saturated heterocycles. The fraction of sp³-hybridized carbons (Fsp3) is 0. The van der Waals surface area contributed by atoms with Gasteiger partial charge in [-0.15, -0.1) is 0 Å². The van der Waals surface area contributed by atoms with Crippen molar-refractivity contribution in [3.8, 4) is 0 Å². The second-order valence-electron chi connectivity index (χ2n) is 1.70. The Kier molecular flexibility index (Phi) is 2.00. The zero-order valence-corrected chi connectivity index (χ0v) is 5.97. The van der Waals surface area contributed by atoms with E-state index in [1.165, 1.54) is 0 Å². The number of carbonyl (C=O) groups is 1. The van der Waals surface area contributed by atoms with E-state index in [0.29, 0.717) is 0 Å². The highest BCUT2D eigenvalue weighted by atomic mass is 35.5. The molecule has 2 N–H and O–H groups in total. The number of hydrogen-bond donors (Lipinski definition) is 1. The van der Waals surface area contributed by atoms with Crippen molar-refractivity contribution < 1.29 is 9.18 Å². The van der Waals surface area contributed by atoms with Crippen molar-refractivity contribution in [2.75, 3.05) is 0 Å². The van der Waals surface area contributed by atoms with Gasteiger partial charge in [-0.25, -0.2) is 14.4 Å². The molecule has 0 radical (unpaired) electrons. The largest absolute Gasteiger partial charge is 0.363 e. The van der Waals surface area contributed by atoms with Crippen molar-refractivity contribution in [3.63, 3.8) is 0 Å². The van der Waals surface area contributed by atoms with Crippen LogP contribution in [0.2, 0.25) is 5.15 Å². The topological polar surface area (TPSA) is 68.9 Å². The molecule has 4 nitrogen and oxygen atoms in total. The van der Waals surface area contributed by atoms with E-state index in [9.17, 15) is 9.18 Å². The minimum atomic E-state index is -0.841.